The third kappa shape index (κ3) is 1.61. The van der Waals surface area contributed by atoms with Gasteiger partial charge in [0.1, 0.15) is 0 Å². The zero-order valence-corrected chi connectivity index (χ0v) is 5.14. The fraction of sp³-hybridized carbons (Fsp3) is 0.200. The normalized spacial score (nSPS) is 13.1. The van der Waals surface area contributed by atoms with Gasteiger partial charge in [0, 0.05) is 6.20 Å². The first-order chi connectivity index (χ1) is 4.30. The Morgan fingerprint density at radius 3 is 2.89 bits per heavy atom. The van der Waals surface area contributed by atoms with Gasteiger partial charge < -0.3 is 0 Å². The van der Waals surface area contributed by atoms with Crippen LogP contribution in [0.25, 0.3) is 0 Å². The topological polar surface area (TPSA) is 25.8 Å². The maximum Gasteiger partial charge on any atom is 0.215 e. The SMILES string of the molecule is FC(Cl)c1ccn[c]n1. The molecule has 47 valence electrons. The van der Waals surface area contributed by atoms with Crippen LogP contribution in [0, 0.1) is 6.33 Å². The third-order valence-electron chi connectivity index (χ3n) is 0.780. The zero-order valence-electron chi connectivity index (χ0n) is 4.38. The molecule has 0 saturated heterocycles. The van der Waals surface area contributed by atoms with Crippen molar-refractivity contribution in [2.24, 2.45) is 0 Å². The number of aromatic nitrogens is 2. The molecule has 1 unspecified atom stereocenters. The zero-order chi connectivity index (χ0) is 6.69. The monoisotopic (exact) mass is 145 g/mol. The molecule has 1 atom stereocenters. The lowest BCUT2D eigenvalue weighted by Gasteiger charge is -1.93. The average molecular weight is 146 g/mol. The van der Waals surface area contributed by atoms with E-state index in [2.05, 4.69) is 16.3 Å². The molecule has 2 nitrogen and oxygen atoms in total. The summed E-state index contributed by atoms with van der Waals surface area (Å²) in [5, 5.41) is 0. The highest BCUT2D eigenvalue weighted by atomic mass is 35.5. The van der Waals surface area contributed by atoms with E-state index in [0.717, 1.165) is 0 Å². The number of hydrogen-bond acceptors (Lipinski definition) is 2. The van der Waals surface area contributed by atoms with E-state index in [0.29, 0.717) is 0 Å². The van der Waals surface area contributed by atoms with Gasteiger partial charge in [-0.05, 0) is 6.07 Å². The first-order valence-corrected chi connectivity index (χ1v) is 2.71. The quantitative estimate of drug-likeness (QED) is 0.560. The number of halogens is 2. The Balaban J connectivity index is 2.85. The standard InChI is InChI=1S/C5H3ClFN2/c6-5(7)4-1-2-8-3-9-4/h1-2,5H. The lowest BCUT2D eigenvalue weighted by Crippen LogP contribution is -1.87. The smallest absolute Gasteiger partial charge is 0.215 e. The maximum absolute atomic E-state index is 12.1. The van der Waals surface area contributed by atoms with Crippen LogP contribution in [0.5, 0.6) is 0 Å². The molecule has 0 N–H and O–H groups in total. The maximum atomic E-state index is 12.1. The highest BCUT2D eigenvalue weighted by Crippen LogP contribution is 2.16. The van der Waals surface area contributed by atoms with Crippen molar-refractivity contribution >= 4 is 11.6 Å². The Bertz CT molecular complexity index is 178. The molecule has 0 fully saturated rings. The molecule has 0 aromatic carbocycles. The second-order valence-corrected chi connectivity index (χ2v) is 1.77. The van der Waals surface area contributed by atoms with Gasteiger partial charge in [-0.15, -0.1) is 0 Å². The molecule has 1 rings (SSSR count). The molecule has 0 aliphatic rings. The van der Waals surface area contributed by atoms with Crippen LogP contribution in [0.3, 0.4) is 0 Å². The molecule has 0 amide bonds. The highest BCUT2D eigenvalue weighted by molar-refractivity contribution is 6.19. The minimum Gasteiger partial charge on any atom is -0.234 e. The predicted octanol–water partition coefficient (Wildman–Crippen LogP) is 1.48. The number of hydrogen-bond donors (Lipinski definition) is 0. The van der Waals surface area contributed by atoms with E-state index < -0.39 is 5.63 Å². The first kappa shape index (κ1) is 6.42. The van der Waals surface area contributed by atoms with Crippen molar-refractivity contribution in [1.29, 1.82) is 0 Å². The number of alkyl halides is 2. The molecule has 0 aliphatic heterocycles. The molecule has 0 aliphatic carbocycles. The van der Waals surface area contributed by atoms with Crippen molar-refractivity contribution in [3.05, 3.63) is 24.3 Å². The molecule has 0 bridgehead atoms. The third-order valence-corrected chi connectivity index (χ3v) is 1.00. The highest BCUT2D eigenvalue weighted by Gasteiger charge is 2.03. The first-order valence-electron chi connectivity index (χ1n) is 2.28. The second kappa shape index (κ2) is 2.73. The van der Waals surface area contributed by atoms with E-state index in [1.54, 1.807) is 0 Å². The van der Waals surface area contributed by atoms with Gasteiger partial charge in [-0.1, -0.05) is 11.6 Å². The van der Waals surface area contributed by atoms with E-state index in [-0.39, 0.29) is 5.69 Å². The Morgan fingerprint density at radius 1 is 1.78 bits per heavy atom. The summed E-state index contributed by atoms with van der Waals surface area (Å²) in [4.78, 5) is 6.90. The van der Waals surface area contributed by atoms with E-state index in [4.69, 9.17) is 11.6 Å². The van der Waals surface area contributed by atoms with Gasteiger partial charge in [0.2, 0.25) is 5.63 Å². The van der Waals surface area contributed by atoms with Gasteiger partial charge in [-0.3, -0.25) is 0 Å². The van der Waals surface area contributed by atoms with Crippen LogP contribution in [-0.4, -0.2) is 9.97 Å². The van der Waals surface area contributed by atoms with Crippen LogP contribution in [-0.2, 0) is 0 Å². The summed E-state index contributed by atoms with van der Waals surface area (Å²) >= 11 is 5.03. The summed E-state index contributed by atoms with van der Waals surface area (Å²) in [5.41, 5.74) is -1.41. The minimum atomic E-state index is -1.55. The Morgan fingerprint density at radius 2 is 2.56 bits per heavy atom. The Hall–Kier alpha value is -0.700. The van der Waals surface area contributed by atoms with Crippen molar-refractivity contribution in [3.63, 3.8) is 0 Å². The van der Waals surface area contributed by atoms with Crippen molar-refractivity contribution < 1.29 is 4.39 Å². The molecule has 1 aromatic heterocycles. The lowest BCUT2D eigenvalue weighted by atomic mass is 10.4. The molecule has 0 saturated carbocycles. The fourth-order valence-electron chi connectivity index (χ4n) is 0.392. The molecule has 1 aromatic rings. The molecule has 1 heterocycles. The van der Waals surface area contributed by atoms with Crippen LogP contribution in [0.4, 0.5) is 4.39 Å². The Kier molecular flexibility index (Phi) is 1.95. The number of nitrogens with zero attached hydrogens (tertiary/aromatic N) is 2. The van der Waals surface area contributed by atoms with E-state index in [9.17, 15) is 4.39 Å². The average Bonchev–Trinajstić information content (AvgIpc) is 1.90. The summed E-state index contributed by atoms with van der Waals surface area (Å²) in [6, 6.07) is 1.40. The van der Waals surface area contributed by atoms with Gasteiger partial charge in [-0.25, -0.2) is 14.4 Å². The van der Waals surface area contributed by atoms with Gasteiger partial charge in [0.15, 0.2) is 6.33 Å². The minimum absolute atomic E-state index is 0.145. The summed E-state index contributed by atoms with van der Waals surface area (Å²) in [5.74, 6) is 0. The van der Waals surface area contributed by atoms with E-state index >= 15 is 0 Å². The molecule has 0 spiro atoms. The summed E-state index contributed by atoms with van der Waals surface area (Å²) < 4.78 is 12.1. The van der Waals surface area contributed by atoms with Crippen LogP contribution >= 0.6 is 11.6 Å². The van der Waals surface area contributed by atoms with Crippen molar-refractivity contribution in [2.45, 2.75) is 5.63 Å². The van der Waals surface area contributed by atoms with Crippen molar-refractivity contribution in [2.75, 3.05) is 0 Å². The largest absolute Gasteiger partial charge is 0.234 e. The van der Waals surface area contributed by atoms with Crippen LogP contribution in [0.15, 0.2) is 12.3 Å². The Labute approximate surface area is 56.7 Å². The van der Waals surface area contributed by atoms with E-state index in [1.165, 1.54) is 12.3 Å². The molecular weight excluding hydrogens is 143 g/mol. The molecule has 4 heteroatoms. The summed E-state index contributed by atoms with van der Waals surface area (Å²) in [6.07, 6.45) is 3.60. The molecule has 9 heavy (non-hydrogen) atoms. The van der Waals surface area contributed by atoms with Crippen LogP contribution in [0.2, 0.25) is 0 Å². The fourth-order valence-corrected chi connectivity index (χ4v) is 0.514. The molecule has 1 radical (unpaired) electrons. The molecular formula is C5H3ClFN2. The predicted molar refractivity (Wildman–Crippen MR) is 30.6 cm³/mol. The summed E-state index contributed by atoms with van der Waals surface area (Å²) in [6.45, 7) is 0. The van der Waals surface area contributed by atoms with Gasteiger partial charge >= 0.3 is 0 Å². The van der Waals surface area contributed by atoms with Crippen molar-refractivity contribution in [3.8, 4) is 0 Å². The van der Waals surface area contributed by atoms with Gasteiger partial charge in [0.05, 0.1) is 5.69 Å². The summed E-state index contributed by atoms with van der Waals surface area (Å²) in [7, 11) is 0. The van der Waals surface area contributed by atoms with Crippen LogP contribution in [0.1, 0.15) is 11.3 Å². The van der Waals surface area contributed by atoms with Crippen LogP contribution < -0.4 is 0 Å². The van der Waals surface area contributed by atoms with Gasteiger partial charge in [0.25, 0.3) is 0 Å². The van der Waals surface area contributed by atoms with Crippen molar-refractivity contribution in [1.82, 2.24) is 9.97 Å². The second-order valence-electron chi connectivity index (χ2n) is 1.38. The lowest BCUT2D eigenvalue weighted by molar-refractivity contribution is 0.450. The van der Waals surface area contributed by atoms with E-state index in [1.807, 2.05) is 0 Å². The van der Waals surface area contributed by atoms with Gasteiger partial charge in [-0.2, -0.15) is 0 Å². The number of rotatable bonds is 1.